The third-order valence-electron chi connectivity index (χ3n) is 3.15. The van der Waals surface area contributed by atoms with Crippen LogP contribution in [-0.2, 0) is 6.42 Å². The standard InChI is InChI=1S/C12H13FN2O/c13-9-1-2-10-11(15-16-12(10)6-9)5-8-3-4-14-7-8/h1-2,6,8,14H,3-5,7H2. The number of nitrogens with zero attached hydrogens (tertiary/aromatic N) is 1. The summed E-state index contributed by atoms with van der Waals surface area (Å²) in [5, 5.41) is 8.29. The van der Waals surface area contributed by atoms with E-state index in [1.807, 2.05) is 0 Å². The normalized spacial score (nSPS) is 20.7. The van der Waals surface area contributed by atoms with Crippen molar-refractivity contribution in [2.45, 2.75) is 12.8 Å². The van der Waals surface area contributed by atoms with E-state index in [0.29, 0.717) is 11.5 Å². The maximum absolute atomic E-state index is 13.0. The second-order valence-electron chi connectivity index (χ2n) is 4.33. The average molecular weight is 220 g/mol. The fraction of sp³-hybridized carbons (Fsp3) is 0.417. The van der Waals surface area contributed by atoms with Crippen LogP contribution in [0, 0.1) is 11.7 Å². The number of aromatic nitrogens is 1. The summed E-state index contributed by atoms with van der Waals surface area (Å²) in [5.41, 5.74) is 1.49. The highest BCUT2D eigenvalue weighted by Gasteiger charge is 2.18. The molecule has 1 aliphatic heterocycles. The second-order valence-corrected chi connectivity index (χ2v) is 4.33. The van der Waals surface area contributed by atoms with E-state index in [2.05, 4.69) is 10.5 Å². The van der Waals surface area contributed by atoms with Gasteiger partial charge in [0, 0.05) is 11.5 Å². The van der Waals surface area contributed by atoms with Gasteiger partial charge in [0.15, 0.2) is 5.58 Å². The predicted molar refractivity (Wildman–Crippen MR) is 58.6 cm³/mol. The molecular weight excluding hydrogens is 207 g/mol. The average Bonchev–Trinajstić information content (AvgIpc) is 2.89. The molecule has 3 rings (SSSR count). The SMILES string of the molecule is Fc1ccc2c(CC3CCNC3)noc2c1. The largest absolute Gasteiger partial charge is 0.356 e. The first-order valence-corrected chi connectivity index (χ1v) is 5.57. The van der Waals surface area contributed by atoms with Crippen molar-refractivity contribution >= 4 is 11.0 Å². The highest BCUT2D eigenvalue weighted by atomic mass is 19.1. The van der Waals surface area contributed by atoms with Crippen molar-refractivity contribution in [2.24, 2.45) is 5.92 Å². The smallest absolute Gasteiger partial charge is 0.170 e. The number of nitrogens with one attached hydrogen (secondary N) is 1. The lowest BCUT2D eigenvalue weighted by molar-refractivity contribution is 0.434. The summed E-state index contributed by atoms with van der Waals surface area (Å²) in [4.78, 5) is 0. The molecule has 1 unspecified atom stereocenters. The summed E-state index contributed by atoms with van der Waals surface area (Å²) in [6.45, 7) is 2.12. The van der Waals surface area contributed by atoms with Gasteiger partial charge in [0.05, 0.1) is 5.69 Å². The third kappa shape index (κ3) is 1.69. The van der Waals surface area contributed by atoms with Crippen LogP contribution in [0.5, 0.6) is 0 Å². The van der Waals surface area contributed by atoms with Crippen LogP contribution >= 0.6 is 0 Å². The zero-order chi connectivity index (χ0) is 11.0. The lowest BCUT2D eigenvalue weighted by atomic mass is 10.0. The molecule has 0 amide bonds. The minimum Gasteiger partial charge on any atom is -0.356 e. The highest BCUT2D eigenvalue weighted by Crippen LogP contribution is 2.23. The molecule has 84 valence electrons. The van der Waals surface area contributed by atoms with Gasteiger partial charge in [-0.3, -0.25) is 0 Å². The molecule has 1 saturated heterocycles. The fourth-order valence-electron chi connectivity index (χ4n) is 2.27. The summed E-state index contributed by atoms with van der Waals surface area (Å²) < 4.78 is 18.1. The summed E-state index contributed by atoms with van der Waals surface area (Å²) in [7, 11) is 0. The Balaban J connectivity index is 1.91. The Morgan fingerprint density at radius 3 is 3.25 bits per heavy atom. The molecular formula is C12H13FN2O. The van der Waals surface area contributed by atoms with Crippen molar-refractivity contribution < 1.29 is 8.91 Å². The van der Waals surface area contributed by atoms with E-state index in [0.717, 1.165) is 30.6 Å². The molecule has 3 nitrogen and oxygen atoms in total. The van der Waals surface area contributed by atoms with Crippen LogP contribution in [0.25, 0.3) is 11.0 Å². The van der Waals surface area contributed by atoms with Crippen LogP contribution in [-0.4, -0.2) is 18.2 Å². The quantitative estimate of drug-likeness (QED) is 0.842. The minimum absolute atomic E-state index is 0.280. The molecule has 1 atom stereocenters. The van der Waals surface area contributed by atoms with E-state index in [1.165, 1.54) is 18.6 Å². The van der Waals surface area contributed by atoms with Crippen molar-refractivity contribution in [1.82, 2.24) is 10.5 Å². The van der Waals surface area contributed by atoms with Crippen LogP contribution in [0.15, 0.2) is 22.7 Å². The van der Waals surface area contributed by atoms with Crippen LogP contribution in [0.4, 0.5) is 4.39 Å². The monoisotopic (exact) mass is 220 g/mol. The summed E-state index contributed by atoms with van der Waals surface area (Å²) in [5.74, 6) is 0.344. The number of benzene rings is 1. The first-order valence-electron chi connectivity index (χ1n) is 5.57. The van der Waals surface area contributed by atoms with Gasteiger partial charge in [-0.05, 0) is 44.0 Å². The van der Waals surface area contributed by atoms with Gasteiger partial charge in [-0.1, -0.05) is 5.16 Å². The zero-order valence-electron chi connectivity index (χ0n) is 8.87. The maximum atomic E-state index is 13.0. The van der Waals surface area contributed by atoms with Crippen LogP contribution in [0.3, 0.4) is 0 Å². The first kappa shape index (κ1) is 9.78. The summed E-state index contributed by atoms with van der Waals surface area (Å²) in [6, 6.07) is 4.59. The van der Waals surface area contributed by atoms with Gasteiger partial charge >= 0.3 is 0 Å². The van der Waals surface area contributed by atoms with Gasteiger partial charge < -0.3 is 9.84 Å². The Labute approximate surface area is 92.6 Å². The van der Waals surface area contributed by atoms with Gasteiger partial charge in [0.1, 0.15) is 5.82 Å². The lowest BCUT2D eigenvalue weighted by Crippen LogP contribution is -2.10. The van der Waals surface area contributed by atoms with Gasteiger partial charge in [-0.15, -0.1) is 0 Å². The molecule has 2 aromatic rings. The Morgan fingerprint density at radius 1 is 1.50 bits per heavy atom. The molecule has 0 radical (unpaired) electrons. The molecule has 4 heteroatoms. The van der Waals surface area contributed by atoms with Crippen molar-refractivity contribution in [3.05, 3.63) is 29.7 Å². The van der Waals surface area contributed by atoms with E-state index < -0.39 is 0 Å². The molecule has 0 saturated carbocycles. The van der Waals surface area contributed by atoms with Crippen LogP contribution in [0.1, 0.15) is 12.1 Å². The van der Waals surface area contributed by atoms with Crippen LogP contribution in [0.2, 0.25) is 0 Å². The molecule has 0 aliphatic carbocycles. The molecule has 2 heterocycles. The maximum Gasteiger partial charge on any atom is 0.170 e. The number of hydrogen-bond acceptors (Lipinski definition) is 3. The number of fused-ring (bicyclic) bond motifs is 1. The molecule has 1 fully saturated rings. The minimum atomic E-state index is -0.280. The van der Waals surface area contributed by atoms with Gasteiger partial charge in [0.25, 0.3) is 0 Å². The van der Waals surface area contributed by atoms with Crippen molar-refractivity contribution in [3.63, 3.8) is 0 Å². The molecule has 0 spiro atoms. The molecule has 0 bridgehead atoms. The van der Waals surface area contributed by atoms with E-state index in [9.17, 15) is 4.39 Å². The molecule has 1 aromatic carbocycles. The number of halogens is 1. The third-order valence-corrected chi connectivity index (χ3v) is 3.15. The zero-order valence-corrected chi connectivity index (χ0v) is 8.87. The van der Waals surface area contributed by atoms with Crippen molar-refractivity contribution in [3.8, 4) is 0 Å². The summed E-state index contributed by atoms with van der Waals surface area (Å²) in [6.07, 6.45) is 2.08. The van der Waals surface area contributed by atoms with Crippen LogP contribution < -0.4 is 5.32 Å². The molecule has 1 N–H and O–H groups in total. The fourth-order valence-corrected chi connectivity index (χ4v) is 2.27. The topological polar surface area (TPSA) is 38.1 Å². The van der Waals surface area contributed by atoms with E-state index in [1.54, 1.807) is 6.07 Å². The number of rotatable bonds is 2. The van der Waals surface area contributed by atoms with Gasteiger partial charge in [-0.2, -0.15) is 0 Å². The lowest BCUT2D eigenvalue weighted by Gasteiger charge is -2.04. The van der Waals surface area contributed by atoms with Crippen molar-refractivity contribution in [1.29, 1.82) is 0 Å². The predicted octanol–water partition coefficient (Wildman–Crippen LogP) is 2.12. The highest BCUT2D eigenvalue weighted by molar-refractivity contribution is 5.79. The second kappa shape index (κ2) is 3.87. The Morgan fingerprint density at radius 2 is 2.44 bits per heavy atom. The first-order chi connectivity index (χ1) is 7.83. The summed E-state index contributed by atoms with van der Waals surface area (Å²) >= 11 is 0. The van der Waals surface area contributed by atoms with Crippen molar-refractivity contribution in [2.75, 3.05) is 13.1 Å². The molecule has 16 heavy (non-hydrogen) atoms. The number of hydrogen-bond donors (Lipinski definition) is 1. The van der Waals surface area contributed by atoms with Gasteiger partial charge in [-0.25, -0.2) is 4.39 Å². The Kier molecular flexibility index (Phi) is 2.36. The van der Waals surface area contributed by atoms with Gasteiger partial charge in [0.2, 0.25) is 0 Å². The molecule has 1 aliphatic rings. The Bertz CT molecular complexity index is 503. The Hall–Kier alpha value is -1.42. The molecule has 1 aromatic heterocycles. The van der Waals surface area contributed by atoms with E-state index in [-0.39, 0.29) is 5.82 Å². The van der Waals surface area contributed by atoms with E-state index >= 15 is 0 Å². The van der Waals surface area contributed by atoms with E-state index in [4.69, 9.17) is 4.52 Å².